The first kappa shape index (κ1) is 20.6. The number of sulfonamides is 1. The molecule has 2 saturated heterocycles. The van der Waals surface area contributed by atoms with Crippen LogP contribution in [0, 0.1) is 5.92 Å². The van der Waals surface area contributed by atoms with Crippen molar-refractivity contribution in [1.82, 2.24) is 18.8 Å². The number of hydrogen-bond donors (Lipinski definition) is 0. The van der Waals surface area contributed by atoms with Crippen molar-refractivity contribution in [2.75, 3.05) is 32.4 Å². The van der Waals surface area contributed by atoms with Gasteiger partial charge in [0.1, 0.15) is 5.82 Å². The predicted octanol–water partition coefficient (Wildman–Crippen LogP) is 2.73. The predicted molar refractivity (Wildman–Crippen MR) is 111 cm³/mol. The zero-order valence-electron chi connectivity index (χ0n) is 15.9. The average Bonchev–Trinajstić information content (AvgIpc) is 3.24. The van der Waals surface area contributed by atoms with Gasteiger partial charge < -0.3 is 4.57 Å². The monoisotopic (exact) mass is 412 g/mol. The van der Waals surface area contributed by atoms with Crippen LogP contribution in [0.1, 0.15) is 31.5 Å². The first-order valence-electron chi connectivity index (χ1n) is 9.62. The van der Waals surface area contributed by atoms with E-state index in [4.69, 9.17) is 4.98 Å². The van der Waals surface area contributed by atoms with Crippen molar-refractivity contribution < 1.29 is 8.42 Å². The normalized spacial score (nSPS) is 22.2. The fourth-order valence-corrected chi connectivity index (χ4v) is 5.27. The quantitative estimate of drug-likeness (QED) is 0.757. The van der Waals surface area contributed by atoms with Crippen LogP contribution in [0.2, 0.25) is 0 Å². The molecule has 1 unspecified atom stereocenters. The minimum absolute atomic E-state index is 0. The van der Waals surface area contributed by atoms with Crippen LogP contribution in [-0.2, 0) is 23.1 Å². The topological polar surface area (TPSA) is 58.4 Å². The lowest BCUT2D eigenvalue weighted by molar-refractivity contribution is 0.242. The SMILES string of the molecule is CS(=O)(=O)N1CCCC(Cn2c(CN3CCCC3)nc3ccccc32)C1.Cl. The van der Waals surface area contributed by atoms with Crippen LogP contribution in [0.3, 0.4) is 0 Å². The number of piperidine rings is 1. The second-order valence-electron chi connectivity index (χ2n) is 7.74. The molecule has 0 N–H and O–H groups in total. The molecule has 2 aromatic rings. The average molecular weight is 413 g/mol. The van der Waals surface area contributed by atoms with E-state index in [1.807, 2.05) is 6.07 Å². The molecule has 0 bridgehead atoms. The maximum atomic E-state index is 11.9. The molecule has 0 radical (unpaired) electrons. The van der Waals surface area contributed by atoms with Gasteiger partial charge in [-0.05, 0) is 56.8 Å². The Morgan fingerprint density at radius 2 is 1.85 bits per heavy atom. The highest BCUT2D eigenvalue weighted by atomic mass is 35.5. The Morgan fingerprint density at radius 3 is 2.59 bits per heavy atom. The number of imidazole rings is 1. The molecule has 0 aliphatic carbocycles. The van der Waals surface area contributed by atoms with E-state index in [0.717, 1.165) is 55.9 Å². The zero-order valence-corrected chi connectivity index (χ0v) is 17.5. The summed E-state index contributed by atoms with van der Waals surface area (Å²) in [7, 11) is -3.11. The summed E-state index contributed by atoms with van der Waals surface area (Å²) in [5, 5.41) is 0. The van der Waals surface area contributed by atoms with Gasteiger partial charge in [-0.1, -0.05) is 12.1 Å². The van der Waals surface area contributed by atoms with Crippen LogP contribution in [0.5, 0.6) is 0 Å². The van der Waals surface area contributed by atoms with Crippen LogP contribution in [-0.4, -0.2) is 59.6 Å². The Labute approximate surface area is 168 Å². The van der Waals surface area contributed by atoms with Gasteiger partial charge >= 0.3 is 0 Å². The summed E-state index contributed by atoms with van der Waals surface area (Å²) in [6.45, 7) is 5.30. The number of fused-ring (bicyclic) bond motifs is 1. The molecular formula is C19H29ClN4O2S. The van der Waals surface area contributed by atoms with E-state index in [1.54, 1.807) is 4.31 Å². The van der Waals surface area contributed by atoms with E-state index in [-0.39, 0.29) is 12.4 Å². The molecule has 0 spiro atoms. The van der Waals surface area contributed by atoms with Crippen molar-refractivity contribution in [1.29, 1.82) is 0 Å². The number of halogens is 1. The van der Waals surface area contributed by atoms with E-state index in [1.165, 1.54) is 19.1 Å². The molecule has 2 aliphatic rings. The maximum Gasteiger partial charge on any atom is 0.211 e. The summed E-state index contributed by atoms with van der Waals surface area (Å²) in [5.41, 5.74) is 2.20. The third-order valence-corrected chi connectivity index (χ3v) is 6.96. The summed E-state index contributed by atoms with van der Waals surface area (Å²) < 4.78 is 27.9. The van der Waals surface area contributed by atoms with Crippen molar-refractivity contribution in [3.05, 3.63) is 30.1 Å². The number of nitrogens with zero attached hydrogens (tertiary/aromatic N) is 4. The van der Waals surface area contributed by atoms with E-state index < -0.39 is 10.0 Å². The van der Waals surface area contributed by atoms with E-state index in [9.17, 15) is 8.42 Å². The Kier molecular flexibility index (Phi) is 6.46. The molecule has 0 saturated carbocycles. The zero-order chi connectivity index (χ0) is 18.1. The molecule has 2 aliphatic heterocycles. The van der Waals surface area contributed by atoms with Gasteiger partial charge in [-0.25, -0.2) is 17.7 Å². The lowest BCUT2D eigenvalue weighted by Crippen LogP contribution is -2.40. The van der Waals surface area contributed by atoms with Crippen LogP contribution in [0.15, 0.2) is 24.3 Å². The maximum absolute atomic E-state index is 11.9. The Balaban J connectivity index is 0.00000210. The van der Waals surface area contributed by atoms with E-state index in [2.05, 4.69) is 27.7 Å². The number of likely N-dealkylation sites (tertiary alicyclic amines) is 1. The van der Waals surface area contributed by atoms with Gasteiger partial charge in [-0.15, -0.1) is 12.4 Å². The van der Waals surface area contributed by atoms with Crippen LogP contribution < -0.4 is 0 Å². The second kappa shape index (κ2) is 8.47. The van der Waals surface area contributed by atoms with Crippen molar-refractivity contribution in [2.24, 2.45) is 5.92 Å². The van der Waals surface area contributed by atoms with E-state index >= 15 is 0 Å². The molecule has 2 fully saturated rings. The molecule has 0 amide bonds. The molecule has 27 heavy (non-hydrogen) atoms. The third kappa shape index (κ3) is 4.65. The van der Waals surface area contributed by atoms with Gasteiger partial charge in [0.2, 0.25) is 10.0 Å². The lowest BCUT2D eigenvalue weighted by atomic mass is 9.99. The largest absolute Gasteiger partial charge is 0.327 e. The molecule has 1 aromatic carbocycles. The minimum atomic E-state index is -3.11. The number of rotatable bonds is 5. The highest BCUT2D eigenvalue weighted by molar-refractivity contribution is 7.88. The molecule has 6 nitrogen and oxygen atoms in total. The van der Waals surface area contributed by atoms with Gasteiger partial charge in [0.15, 0.2) is 0 Å². The summed E-state index contributed by atoms with van der Waals surface area (Å²) in [6, 6.07) is 8.30. The molecule has 150 valence electrons. The number of benzene rings is 1. The first-order valence-corrected chi connectivity index (χ1v) is 11.5. The number of para-hydroxylation sites is 2. The summed E-state index contributed by atoms with van der Waals surface area (Å²) in [6.07, 6.45) is 5.87. The molecule has 3 heterocycles. The molecule has 1 aromatic heterocycles. The van der Waals surface area contributed by atoms with Gasteiger partial charge in [0, 0.05) is 19.6 Å². The van der Waals surface area contributed by atoms with Crippen LogP contribution >= 0.6 is 12.4 Å². The van der Waals surface area contributed by atoms with Crippen molar-refractivity contribution in [2.45, 2.75) is 38.8 Å². The van der Waals surface area contributed by atoms with Gasteiger partial charge in [0.05, 0.1) is 23.8 Å². The van der Waals surface area contributed by atoms with Gasteiger partial charge in [-0.2, -0.15) is 0 Å². The highest BCUT2D eigenvalue weighted by Gasteiger charge is 2.27. The fraction of sp³-hybridized carbons (Fsp3) is 0.632. The summed E-state index contributed by atoms with van der Waals surface area (Å²) in [5.74, 6) is 1.46. The summed E-state index contributed by atoms with van der Waals surface area (Å²) in [4.78, 5) is 7.37. The minimum Gasteiger partial charge on any atom is -0.327 e. The summed E-state index contributed by atoms with van der Waals surface area (Å²) >= 11 is 0. The standard InChI is InChI=1S/C19H28N4O2S.ClH/c1-26(24,25)22-12-6-7-16(13-22)14-23-18-9-3-2-8-17(18)20-19(23)15-21-10-4-5-11-21;/h2-3,8-9,16H,4-7,10-15H2,1H3;1H. The Hall–Kier alpha value is -1.15. The van der Waals surface area contributed by atoms with Crippen LogP contribution in [0.4, 0.5) is 0 Å². The Bertz CT molecular complexity index is 877. The molecule has 4 rings (SSSR count). The van der Waals surface area contributed by atoms with Gasteiger partial charge in [0.25, 0.3) is 0 Å². The number of hydrogen-bond acceptors (Lipinski definition) is 4. The molecule has 1 atom stereocenters. The smallest absolute Gasteiger partial charge is 0.211 e. The second-order valence-corrected chi connectivity index (χ2v) is 9.72. The first-order chi connectivity index (χ1) is 12.5. The van der Waals surface area contributed by atoms with Crippen molar-refractivity contribution in [3.8, 4) is 0 Å². The fourth-order valence-electron chi connectivity index (χ4n) is 4.33. The Morgan fingerprint density at radius 1 is 1.11 bits per heavy atom. The lowest BCUT2D eigenvalue weighted by Gasteiger charge is -2.31. The molecular weight excluding hydrogens is 384 g/mol. The highest BCUT2D eigenvalue weighted by Crippen LogP contribution is 2.25. The third-order valence-electron chi connectivity index (χ3n) is 5.69. The van der Waals surface area contributed by atoms with Gasteiger partial charge in [-0.3, -0.25) is 4.90 Å². The van der Waals surface area contributed by atoms with Crippen molar-refractivity contribution >= 4 is 33.5 Å². The van der Waals surface area contributed by atoms with Crippen LogP contribution in [0.25, 0.3) is 11.0 Å². The number of aromatic nitrogens is 2. The van der Waals surface area contributed by atoms with Crippen molar-refractivity contribution in [3.63, 3.8) is 0 Å². The molecule has 8 heteroatoms. The van der Waals surface area contributed by atoms with E-state index in [0.29, 0.717) is 19.0 Å².